The van der Waals surface area contributed by atoms with Gasteiger partial charge in [-0.05, 0) is 31.9 Å². The van der Waals surface area contributed by atoms with Gasteiger partial charge in [-0.1, -0.05) is 12.1 Å². The first kappa shape index (κ1) is 14.3. The Morgan fingerprint density at radius 1 is 1.22 bits per heavy atom. The first-order valence-electron chi connectivity index (χ1n) is 6.12. The van der Waals surface area contributed by atoms with Crippen LogP contribution in [-0.2, 0) is 4.79 Å². The molecule has 0 aliphatic carbocycles. The van der Waals surface area contributed by atoms with Crippen LogP contribution in [-0.4, -0.2) is 19.1 Å². The number of hydrazine groups is 1. The van der Waals surface area contributed by atoms with Gasteiger partial charge in [-0.15, -0.1) is 0 Å². The molecule has 3 N–H and O–H groups in total. The van der Waals surface area contributed by atoms with E-state index in [0.717, 1.165) is 24.3 Å². The van der Waals surface area contributed by atoms with Crippen molar-refractivity contribution in [2.24, 2.45) is 5.84 Å². The molecule has 0 radical (unpaired) electrons. The Kier molecular flexibility index (Phi) is 6.64. The van der Waals surface area contributed by atoms with Gasteiger partial charge in [-0.2, -0.15) is 0 Å². The molecule has 5 nitrogen and oxygen atoms in total. The molecule has 1 rings (SSSR count). The fourth-order valence-corrected chi connectivity index (χ4v) is 1.49. The number of carbonyl (C=O) groups excluding carboxylic acids is 1. The van der Waals surface area contributed by atoms with E-state index in [0.29, 0.717) is 19.6 Å². The Balaban J connectivity index is 2.28. The Labute approximate surface area is 107 Å². The third-order valence-electron chi connectivity index (χ3n) is 2.37. The van der Waals surface area contributed by atoms with Gasteiger partial charge in [0.1, 0.15) is 0 Å². The fourth-order valence-electron chi connectivity index (χ4n) is 1.49. The van der Waals surface area contributed by atoms with Crippen LogP contribution in [0.1, 0.15) is 26.2 Å². The largest absolute Gasteiger partial charge is 0.490 e. The second kappa shape index (κ2) is 8.36. The summed E-state index contributed by atoms with van der Waals surface area (Å²) in [6.07, 6.45) is 1.97. The first-order valence-corrected chi connectivity index (χ1v) is 6.12. The normalized spacial score (nSPS) is 9.89. The molecule has 0 saturated carbocycles. The van der Waals surface area contributed by atoms with Gasteiger partial charge in [-0.3, -0.25) is 10.2 Å². The number of rotatable bonds is 8. The molecule has 0 saturated heterocycles. The molecule has 0 aliphatic heterocycles. The van der Waals surface area contributed by atoms with E-state index in [1.807, 2.05) is 31.2 Å². The second-order valence-corrected chi connectivity index (χ2v) is 3.75. The van der Waals surface area contributed by atoms with Crippen LogP contribution in [0.15, 0.2) is 24.3 Å². The van der Waals surface area contributed by atoms with E-state index < -0.39 is 0 Å². The number of benzene rings is 1. The lowest BCUT2D eigenvalue weighted by Crippen LogP contribution is -2.29. The molecule has 1 aromatic rings. The van der Waals surface area contributed by atoms with Crippen LogP contribution in [0.3, 0.4) is 0 Å². The van der Waals surface area contributed by atoms with Crippen molar-refractivity contribution < 1.29 is 14.3 Å². The smallest absolute Gasteiger partial charge is 0.233 e. The van der Waals surface area contributed by atoms with Gasteiger partial charge >= 0.3 is 0 Å². The maximum absolute atomic E-state index is 10.9. The number of amides is 1. The van der Waals surface area contributed by atoms with Gasteiger partial charge in [0.2, 0.25) is 5.91 Å². The summed E-state index contributed by atoms with van der Waals surface area (Å²) in [5.74, 6) is 6.32. The SMILES string of the molecule is CCOc1ccccc1OCCCCC(=O)NN. The number of para-hydroxylation sites is 2. The van der Waals surface area contributed by atoms with E-state index in [4.69, 9.17) is 15.3 Å². The fraction of sp³-hybridized carbons (Fsp3) is 0.462. The molecule has 0 spiro atoms. The van der Waals surface area contributed by atoms with E-state index in [2.05, 4.69) is 5.43 Å². The average Bonchev–Trinajstić information content (AvgIpc) is 2.40. The zero-order chi connectivity index (χ0) is 13.2. The molecule has 1 aromatic carbocycles. The molecule has 0 fully saturated rings. The molecule has 0 bridgehead atoms. The average molecular weight is 252 g/mol. The number of ether oxygens (including phenoxy) is 2. The molecule has 18 heavy (non-hydrogen) atoms. The first-order chi connectivity index (χ1) is 8.77. The number of hydrogen-bond donors (Lipinski definition) is 2. The molecular formula is C13H20N2O3. The number of unbranched alkanes of at least 4 members (excludes halogenated alkanes) is 1. The lowest BCUT2D eigenvalue weighted by atomic mass is 10.2. The van der Waals surface area contributed by atoms with Gasteiger partial charge in [0, 0.05) is 6.42 Å². The maximum atomic E-state index is 10.9. The van der Waals surface area contributed by atoms with Crippen LogP contribution < -0.4 is 20.7 Å². The monoisotopic (exact) mass is 252 g/mol. The topological polar surface area (TPSA) is 73.6 Å². The molecule has 0 aliphatic rings. The zero-order valence-corrected chi connectivity index (χ0v) is 10.6. The van der Waals surface area contributed by atoms with Crippen molar-refractivity contribution in [2.75, 3.05) is 13.2 Å². The van der Waals surface area contributed by atoms with Crippen LogP contribution >= 0.6 is 0 Å². The molecule has 0 atom stereocenters. The van der Waals surface area contributed by atoms with Crippen LogP contribution in [0.25, 0.3) is 0 Å². The summed E-state index contributed by atoms with van der Waals surface area (Å²) in [4.78, 5) is 10.9. The van der Waals surface area contributed by atoms with Crippen molar-refractivity contribution in [2.45, 2.75) is 26.2 Å². The van der Waals surface area contributed by atoms with E-state index in [-0.39, 0.29) is 5.91 Å². The van der Waals surface area contributed by atoms with Crippen molar-refractivity contribution in [1.29, 1.82) is 0 Å². The summed E-state index contributed by atoms with van der Waals surface area (Å²) in [5.41, 5.74) is 2.10. The van der Waals surface area contributed by atoms with Gasteiger partial charge in [0.05, 0.1) is 13.2 Å². The third kappa shape index (κ3) is 5.05. The van der Waals surface area contributed by atoms with Crippen LogP contribution in [0.2, 0.25) is 0 Å². The Hall–Kier alpha value is -1.75. The maximum Gasteiger partial charge on any atom is 0.233 e. The summed E-state index contributed by atoms with van der Waals surface area (Å²) in [6, 6.07) is 7.56. The number of nitrogens with one attached hydrogen (secondary N) is 1. The molecule has 0 aromatic heterocycles. The van der Waals surface area contributed by atoms with Crippen molar-refractivity contribution >= 4 is 5.91 Å². The molecule has 0 unspecified atom stereocenters. The van der Waals surface area contributed by atoms with Crippen LogP contribution in [0, 0.1) is 0 Å². The summed E-state index contributed by atoms with van der Waals surface area (Å²) in [7, 11) is 0. The lowest BCUT2D eigenvalue weighted by Gasteiger charge is -2.11. The Morgan fingerprint density at radius 3 is 2.50 bits per heavy atom. The van der Waals surface area contributed by atoms with E-state index in [9.17, 15) is 4.79 Å². The number of nitrogens with two attached hydrogens (primary N) is 1. The molecule has 1 amide bonds. The predicted octanol–water partition coefficient (Wildman–Crippen LogP) is 1.62. The minimum atomic E-state index is -0.148. The van der Waals surface area contributed by atoms with Crippen LogP contribution in [0.5, 0.6) is 11.5 Å². The minimum absolute atomic E-state index is 0.148. The van der Waals surface area contributed by atoms with Crippen molar-refractivity contribution in [1.82, 2.24) is 5.43 Å². The van der Waals surface area contributed by atoms with E-state index >= 15 is 0 Å². The van der Waals surface area contributed by atoms with Gasteiger partial charge in [-0.25, -0.2) is 5.84 Å². The Bertz CT molecular complexity index is 369. The van der Waals surface area contributed by atoms with Gasteiger partial charge < -0.3 is 9.47 Å². The zero-order valence-electron chi connectivity index (χ0n) is 10.6. The summed E-state index contributed by atoms with van der Waals surface area (Å²) in [6.45, 7) is 3.10. The highest BCUT2D eigenvalue weighted by Crippen LogP contribution is 2.26. The van der Waals surface area contributed by atoms with Gasteiger partial charge in [0.25, 0.3) is 0 Å². The summed E-state index contributed by atoms with van der Waals surface area (Å²) in [5, 5.41) is 0. The summed E-state index contributed by atoms with van der Waals surface area (Å²) >= 11 is 0. The van der Waals surface area contributed by atoms with Crippen molar-refractivity contribution in [3.8, 4) is 11.5 Å². The van der Waals surface area contributed by atoms with Crippen molar-refractivity contribution in [3.63, 3.8) is 0 Å². The quantitative estimate of drug-likeness (QED) is 0.319. The highest BCUT2D eigenvalue weighted by atomic mass is 16.5. The third-order valence-corrected chi connectivity index (χ3v) is 2.37. The number of hydrogen-bond acceptors (Lipinski definition) is 4. The van der Waals surface area contributed by atoms with Crippen LogP contribution in [0.4, 0.5) is 0 Å². The highest BCUT2D eigenvalue weighted by molar-refractivity contribution is 5.75. The van der Waals surface area contributed by atoms with E-state index in [1.54, 1.807) is 0 Å². The second-order valence-electron chi connectivity index (χ2n) is 3.75. The molecule has 0 heterocycles. The standard InChI is InChI=1S/C13H20N2O3/c1-2-17-11-7-3-4-8-12(11)18-10-6-5-9-13(16)15-14/h3-4,7-8H,2,5-6,9-10,14H2,1H3,(H,15,16). The lowest BCUT2D eigenvalue weighted by molar-refractivity contribution is -0.121. The molecule has 5 heteroatoms. The van der Waals surface area contributed by atoms with Crippen molar-refractivity contribution in [3.05, 3.63) is 24.3 Å². The molecular weight excluding hydrogens is 232 g/mol. The van der Waals surface area contributed by atoms with E-state index in [1.165, 1.54) is 0 Å². The molecule has 100 valence electrons. The summed E-state index contributed by atoms with van der Waals surface area (Å²) < 4.78 is 11.1. The minimum Gasteiger partial charge on any atom is -0.490 e. The van der Waals surface area contributed by atoms with Gasteiger partial charge in [0.15, 0.2) is 11.5 Å². The Morgan fingerprint density at radius 2 is 1.89 bits per heavy atom. The highest BCUT2D eigenvalue weighted by Gasteiger charge is 2.03. The predicted molar refractivity (Wildman–Crippen MR) is 69.3 cm³/mol. The number of carbonyl (C=O) groups is 1.